The Morgan fingerprint density at radius 1 is 1.06 bits per heavy atom. The largest absolute Gasteiger partial charge is 0.459 e. The van der Waals surface area contributed by atoms with Crippen LogP contribution in [0.3, 0.4) is 0 Å². The van der Waals surface area contributed by atoms with E-state index in [1.807, 2.05) is 19.9 Å². The predicted molar refractivity (Wildman–Crippen MR) is 136 cm³/mol. The Morgan fingerprint density at radius 3 is 2.36 bits per heavy atom. The van der Waals surface area contributed by atoms with Crippen molar-refractivity contribution in [3.63, 3.8) is 0 Å². The van der Waals surface area contributed by atoms with Gasteiger partial charge in [0.1, 0.15) is 5.00 Å². The third kappa shape index (κ3) is 5.12. The first-order chi connectivity index (χ1) is 15.9. The SMILES string of the molecule is CSc1ccc([C@H](Nc2nc(C)cc(C)n2)c2c(NC(=O)c3ccco3)sc(C)c2C)cc1. The van der Waals surface area contributed by atoms with Gasteiger partial charge in [-0.2, -0.15) is 0 Å². The first-order valence-electron chi connectivity index (χ1n) is 10.5. The predicted octanol–water partition coefficient (Wildman–Crippen LogP) is 6.54. The molecule has 6 nitrogen and oxygen atoms in total. The zero-order valence-corrected chi connectivity index (χ0v) is 20.9. The second-order valence-electron chi connectivity index (χ2n) is 7.78. The van der Waals surface area contributed by atoms with E-state index in [1.54, 1.807) is 35.2 Å². The normalized spacial score (nSPS) is 11.9. The number of anilines is 2. The topological polar surface area (TPSA) is 80.0 Å². The number of rotatable bonds is 7. The van der Waals surface area contributed by atoms with Crippen LogP contribution in [0.4, 0.5) is 10.9 Å². The molecular weight excluding hydrogens is 452 g/mol. The van der Waals surface area contributed by atoms with Crippen molar-refractivity contribution in [2.24, 2.45) is 0 Å². The Bertz CT molecular complexity index is 1240. The lowest BCUT2D eigenvalue weighted by Crippen LogP contribution is -2.18. The van der Waals surface area contributed by atoms with Crippen LogP contribution < -0.4 is 10.6 Å². The third-order valence-corrected chi connectivity index (χ3v) is 7.28. The molecule has 170 valence electrons. The molecule has 4 rings (SSSR count). The van der Waals surface area contributed by atoms with Crippen molar-refractivity contribution in [3.05, 3.63) is 87.4 Å². The van der Waals surface area contributed by atoms with Gasteiger partial charge in [-0.25, -0.2) is 9.97 Å². The van der Waals surface area contributed by atoms with E-state index in [0.717, 1.165) is 38.0 Å². The molecule has 0 radical (unpaired) electrons. The van der Waals surface area contributed by atoms with Crippen LogP contribution in [0.5, 0.6) is 0 Å². The van der Waals surface area contributed by atoms with Gasteiger partial charge in [0, 0.05) is 26.7 Å². The molecule has 1 amide bonds. The van der Waals surface area contributed by atoms with Gasteiger partial charge in [-0.3, -0.25) is 4.79 Å². The second kappa shape index (κ2) is 9.80. The maximum Gasteiger partial charge on any atom is 0.291 e. The average Bonchev–Trinajstić information content (AvgIpc) is 3.41. The highest BCUT2D eigenvalue weighted by molar-refractivity contribution is 7.98. The van der Waals surface area contributed by atoms with E-state index in [2.05, 4.69) is 65.0 Å². The Hall–Kier alpha value is -3.10. The van der Waals surface area contributed by atoms with E-state index >= 15 is 0 Å². The number of nitrogens with one attached hydrogen (secondary N) is 2. The molecule has 0 saturated heterocycles. The smallest absolute Gasteiger partial charge is 0.291 e. The molecule has 0 fully saturated rings. The van der Waals surface area contributed by atoms with Crippen LogP contribution in [-0.2, 0) is 0 Å². The summed E-state index contributed by atoms with van der Waals surface area (Å²) in [7, 11) is 0. The number of furan rings is 1. The van der Waals surface area contributed by atoms with Gasteiger partial charge in [-0.05, 0) is 75.4 Å². The molecule has 0 saturated carbocycles. The summed E-state index contributed by atoms with van der Waals surface area (Å²) in [6, 6.07) is 13.5. The van der Waals surface area contributed by atoms with Gasteiger partial charge in [0.2, 0.25) is 5.95 Å². The number of hydrogen-bond donors (Lipinski definition) is 2. The summed E-state index contributed by atoms with van der Waals surface area (Å²) in [5, 5.41) is 7.37. The van der Waals surface area contributed by atoms with Gasteiger partial charge in [0.05, 0.1) is 12.3 Å². The van der Waals surface area contributed by atoms with Gasteiger partial charge in [-0.1, -0.05) is 12.1 Å². The number of carbonyl (C=O) groups is 1. The summed E-state index contributed by atoms with van der Waals surface area (Å²) >= 11 is 3.26. The van der Waals surface area contributed by atoms with Gasteiger partial charge in [0.25, 0.3) is 5.91 Å². The molecule has 2 N–H and O–H groups in total. The number of carbonyl (C=O) groups excluding carboxylic acids is 1. The van der Waals surface area contributed by atoms with Crippen molar-refractivity contribution >= 4 is 40.0 Å². The van der Waals surface area contributed by atoms with E-state index in [-0.39, 0.29) is 17.7 Å². The highest BCUT2D eigenvalue weighted by atomic mass is 32.2. The maximum absolute atomic E-state index is 12.8. The van der Waals surface area contributed by atoms with Gasteiger partial charge in [0.15, 0.2) is 5.76 Å². The van der Waals surface area contributed by atoms with Crippen LogP contribution in [0.15, 0.2) is 58.0 Å². The first-order valence-corrected chi connectivity index (χ1v) is 12.6. The molecule has 0 aliphatic rings. The second-order valence-corrected chi connectivity index (χ2v) is 9.89. The molecule has 0 bridgehead atoms. The highest BCUT2D eigenvalue weighted by Crippen LogP contribution is 2.41. The van der Waals surface area contributed by atoms with Crippen molar-refractivity contribution in [1.29, 1.82) is 0 Å². The van der Waals surface area contributed by atoms with Crippen molar-refractivity contribution in [2.45, 2.75) is 38.6 Å². The Balaban J connectivity index is 1.79. The number of aromatic nitrogens is 2. The van der Waals surface area contributed by atoms with Gasteiger partial charge < -0.3 is 15.1 Å². The molecule has 3 heterocycles. The van der Waals surface area contributed by atoms with Gasteiger partial charge in [-0.15, -0.1) is 23.1 Å². The van der Waals surface area contributed by atoms with E-state index in [1.165, 1.54) is 11.2 Å². The molecular formula is C25H26N4O2S2. The van der Waals surface area contributed by atoms with E-state index in [4.69, 9.17) is 4.42 Å². The summed E-state index contributed by atoms with van der Waals surface area (Å²) in [5.41, 5.74) is 4.96. The van der Waals surface area contributed by atoms with E-state index < -0.39 is 0 Å². The molecule has 4 aromatic rings. The highest BCUT2D eigenvalue weighted by Gasteiger charge is 2.26. The minimum absolute atomic E-state index is 0.251. The number of nitrogens with zero attached hydrogens (tertiary/aromatic N) is 2. The van der Waals surface area contributed by atoms with Crippen molar-refractivity contribution in [1.82, 2.24) is 9.97 Å². The first kappa shape index (κ1) is 23.1. The standard InChI is InChI=1S/C25H26N4O2S2/c1-14-13-15(2)27-25(26-14)28-22(18-8-10-19(32-5)11-9-18)21-16(3)17(4)33-24(21)29-23(30)20-7-6-12-31-20/h6-13,22H,1-5H3,(H,29,30)(H,26,27,28)/t22-/m0/s1. The number of hydrogen-bond acceptors (Lipinski definition) is 7. The van der Waals surface area contributed by atoms with Crippen LogP contribution in [-0.4, -0.2) is 22.1 Å². The van der Waals surface area contributed by atoms with Crippen LogP contribution >= 0.6 is 23.1 Å². The fraction of sp³-hybridized carbons (Fsp3) is 0.240. The van der Waals surface area contributed by atoms with Crippen molar-refractivity contribution in [3.8, 4) is 0 Å². The monoisotopic (exact) mass is 478 g/mol. The zero-order valence-electron chi connectivity index (χ0n) is 19.2. The van der Waals surface area contributed by atoms with Crippen molar-refractivity contribution in [2.75, 3.05) is 16.9 Å². The molecule has 0 unspecified atom stereocenters. The van der Waals surface area contributed by atoms with Crippen LogP contribution in [0.1, 0.15) is 49.6 Å². The fourth-order valence-corrected chi connectivity index (χ4v) is 5.20. The Kier molecular flexibility index (Phi) is 6.85. The molecule has 33 heavy (non-hydrogen) atoms. The quantitative estimate of drug-likeness (QED) is 0.294. The molecule has 0 aliphatic carbocycles. The maximum atomic E-state index is 12.8. The molecule has 0 aliphatic heterocycles. The van der Waals surface area contributed by atoms with Crippen molar-refractivity contribution < 1.29 is 9.21 Å². The zero-order chi connectivity index (χ0) is 23.5. The minimum Gasteiger partial charge on any atom is -0.459 e. The van der Waals surface area contributed by atoms with E-state index in [9.17, 15) is 4.79 Å². The lowest BCUT2D eigenvalue weighted by Gasteiger charge is -2.22. The van der Waals surface area contributed by atoms with Crippen LogP contribution in [0, 0.1) is 27.7 Å². The summed E-state index contributed by atoms with van der Waals surface area (Å²) in [6.07, 6.45) is 3.55. The number of benzene rings is 1. The summed E-state index contributed by atoms with van der Waals surface area (Å²) < 4.78 is 5.29. The number of amides is 1. The summed E-state index contributed by atoms with van der Waals surface area (Å²) in [5.74, 6) is 0.552. The van der Waals surface area contributed by atoms with E-state index in [0.29, 0.717) is 5.95 Å². The number of aryl methyl sites for hydroxylation is 3. The minimum atomic E-state index is -0.276. The third-order valence-electron chi connectivity index (χ3n) is 5.40. The molecule has 3 aromatic heterocycles. The molecule has 8 heteroatoms. The average molecular weight is 479 g/mol. The summed E-state index contributed by atoms with van der Waals surface area (Å²) in [4.78, 5) is 24.3. The van der Waals surface area contributed by atoms with Crippen LogP contribution in [0.2, 0.25) is 0 Å². The lowest BCUT2D eigenvalue weighted by atomic mass is 9.96. The van der Waals surface area contributed by atoms with Crippen LogP contribution in [0.25, 0.3) is 0 Å². The number of thiophene rings is 1. The molecule has 1 atom stereocenters. The molecule has 1 aromatic carbocycles. The Morgan fingerprint density at radius 2 is 1.76 bits per heavy atom. The summed E-state index contributed by atoms with van der Waals surface area (Å²) in [6.45, 7) is 8.05. The van der Waals surface area contributed by atoms with Gasteiger partial charge >= 0.3 is 0 Å². The lowest BCUT2D eigenvalue weighted by molar-refractivity contribution is 0.0997. The Labute approximate surface area is 201 Å². The fourth-order valence-electron chi connectivity index (χ4n) is 3.70. The number of thioether (sulfide) groups is 1. The molecule has 0 spiro atoms.